The van der Waals surface area contributed by atoms with Crippen LogP contribution in [0, 0.1) is 11.8 Å². The first-order valence-electron chi connectivity index (χ1n) is 7.76. The van der Waals surface area contributed by atoms with E-state index in [4.69, 9.17) is 9.47 Å². The molecule has 0 unspecified atom stereocenters. The van der Waals surface area contributed by atoms with E-state index >= 15 is 0 Å². The Morgan fingerprint density at radius 3 is 2.74 bits per heavy atom. The molecular formula is C18H23NO4. The maximum atomic E-state index is 12.1. The second-order valence-electron chi connectivity index (χ2n) is 5.82. The number of methoxy groups -OCH3 is 2. The zero-order valence-electron chi connectivity index (χ0n) is 13.8. The van der Waals surface area contributed by atoms with Crippen LogP contribution in [0.1, 0.15) is 26.2 Å². The monoisotopic (exact) mass is 317 g/mol. The molecule has 1 N–H and O–H groups in total. The average Bonchev–Trinajstić information content (AvgIpc) is 2.99. The molecule has 5 heteroatoms. The smallest absolute Gasteiger partial charge is 0.248 e. The summed E-state index contributed by atoms with van der Waals surface area (Å²) in [7, 11) is 3.12. The van der Waals surface area contributed by atoms with E-state index in [1.165, 1.54) is 6.08 Å². The highest BCUT2D eigenvalue weighted by molar-refractivity contribution is 6.00. The lowest BCUT2D eigenvalue weighted by molar-refractivity contribution is -0.117. The predicted molar refractivity (Wildman–Crippen MR) is 88.8 cm³/mol. The molecule has 0 bridgehead atoms. The van der Waals surface area contributed by atoms with Gasteiger partial charge in [0, 0.05) is 18.9 Å². The van der Waals surface area contributed by atoms with Crippen LogP contribution in [0.4, 0.5) is 5.69 Å². The van der Waals surface area contributed by atoms with Crippen LogP contribution in [0.5, 0.6) is 11.5 Å². The van der Waals surface area contributed by atoms with Crippen LogP contribution in [0.2, 0.25) is 0 Å². The van der Waals surface area contributed by atoms with E-state index < -0.39 is 0 Å². The molecule has 1 saturated carbocycles. The van der Waals surface area contributed by atoms with Crippen LogP contribution < -0.4 is 14.8 Å². The van der Waals surface area contributed by atoms with E-state index in [1.807, 2.05) is 13.0 Å². The van der Waals surface area contributed by atoms with Gasteiger partial charge in [-0.05, 0) is 36.5 Å². The maximum absolute atomic E-state index is 12.1. The number of amides is 1. The van der Waals surface area contributed by atoms with Crippen molar-refractivity contribution in [1.82, 2.24) is 0 Å². The Morgan fingerprint density at radius 2 is 2.13 bits per heavy atom. The molecule has 0 radical (unpaired) electrons. The maximum Gasteiger partial charge on any atom is 0.248 e. The molecule has 0 saturated heterocycles. The lowest BCUT2D eigenvalue weighted by Crippen LogP contribution is -2.11. The largest absolute Gasteiger partial charge is 0.497 e. The highest BCUT2D eigenvalue weighted by Crippen LogP contribution is 2.30. The van der Waals surface area contributed by atoms with Crippen molar-refractivity contribution in [1.29, 1.82) is 0 Å². The molecule has 2 atom stereocenters. The third-order valence-electron chi connectivity index (χ3n) is 4.24. The first-order chi connectivity index (χ1) is 11.0. The molecule has 0 heterocycles. The second-order valence-corrected chi connectivity index (χ2v) is 5.82. The van der Waals surface area contributed by atoms with Crippen LogP contribution in [-0.2, 0) is 9.59 Å². The normalized spacial score (nSPS) is 18.9. The van der Waals surface area contributed by atoms with Crippen molar-refractivity contribution in [3.05, 3.63) is 30.4 Å². The zero-order valence-corrected chi connectivity index (χ0v) is 13.8. The molecule has 0 spiro atoms. The predicted octanol–water partition coefficient (Wildman–Crippen LogP) is 3.20. The molecular weight excluding hydrogens is 294 g/mol. The standard InChI is InChI=1S/C18H23NO4/c1-12(13-5-6-14(20)10-13)4-9-18(21)19-16-11-15(22-2)7-8-17(16)23-3/h4,7-9,11-13H,5-6,10H2,1-3H3,(H,19,21)/b9-4+/t12-,13+/m0/s1. The minimum atomic E-state index is -0.229. The van der Waals surface area contributed by atoms with Gasteiger partial charge in [-0.15, -0.1) is 0 Å². The highest BCUT2D eigenvalue weighted by atomic mass is 16.5. The number of anilines is 1. The number of hydrogen-bond donors (Lipinski definition) is 1. The van der Waals surface area contributed by atoms with E-state index in [0.717, 1.165) is 6.42 Å². The Labute approximate surface area is 136 Å². The SMILES string of the molecule is COc1ccc(OC)c(NC(=O)/C=C/[C@H](C)[C@@H]2CCC(=O)C2)c1. The molecule has 0 aliphatic heterocycles. The summed E-state index contributed by atoms with van der Waals surface area (Å²) in [5, 5.41) is 2.79. The van der Waals surface area contributed by atoms with Gasteiger partial charge in [0.05, 0.1) is 19.9 Å². The summed E-state index contributed by atoms with van der Waals surface area (Å²) in [6.07, 6.45) is 5.58. The first kappa shape index (κ1) is 17.1. The Hall–Kier alpha value is -2.30. The molecule has 1 aliphatic carbocycles. The number of ether oxygens (including phenoxy) is 2. The Kier molecular flexibility index (Phi) is 5.79. The van der Waals surface area contributed by atoms with Crippen molar-refractivity contribution >= 4 is 17.4 Å². The number of ketones is 1. The minimum absolute atomic E-state index is 0.208. The van der Waals surface area contributed by atoms with Crippen molar-refractivity contribution < 1.29 is 19.1 Å². The van der Waals surface area contributed by atoms with Gasteiger partial charge in [-0.2, -0.15) is 0 Å². The zero-order chi connectivity index (χ0) is 16.8. The molecule has 1 aromatic carbocycles. The van der Waals surface area contributed by atoms with Gasteiger partial charge in [0.15, 0.2) is 0 Å². The number of nitrogens with one attached hydrogen (secondary N) is 1. The quantitative estimate of drug-likeness (QED) is 0.818. The van der Waals surface area contributed by atoms with Crippen LogP contribution in [0.3, 0.4) is 0 Å². The Balaban J connectivity index is 1.98. The third kappa shape index (κ3) is 4.58. The average molecular weight is 317 g/mol. The molecule has 1 amide bonds. The third-order valence-corrected chi connectivity index (χ3v) is 4.24. The fourth-order valence-corrected chi connectivity index (χ4v) is 2.77. The molecule has 2 rings (SSSR count). The number of allylic oxidation sites excluding steroid dienone is 1. The summed E-state index contributed by atoms with van der Waals surface area (Å²) >= 11 is 0. The molecule has 0 aromatic heterocycles. The summed E-state index contributed by atoms with van der Waals surface area (Å²) in [6.45, 7) is 2.04. The number of carbonyl (C=O) groups is 2. The van der Waals surface area contributed by atoms with Crippen molar-refractivity contribution in [2.24, 2.45) is 11.8 Å². The van der Waals surface area contributed by atoms with E-state index in [9.17, 15) is 9.59 Å². The number of rotatable bonds is 6. The highest BCUT2D eigenvalue weighted by Gasteiger charge is 2.25. The van der Waals surface area contributed by atoms with Crippen LogP contribution in [0.15, 0.2) is 30.4 Å². The van der Waals surface area contributed by atoms with Gasteiger partial charge >= 0.3 is 0 Å². The minimum Gasteiger partial charge on any atom is -0.497 e. The molecule has 1 aromatic rings. The van der Waals surface area contributed by atoms with Crippen molar-refractivity contribution in [2.45, 2.75) is 26.2 Å². The van der Waals surface area contributed by atoms with E-state index in [1.54, 1.807) is 32.4 Å². The number of hydrogen-bond acceptors (Lipinski definition) is 4. The fourth-order valence-electron chi connectivity index (χ4n) is 2.77. The van der Waals surface area contributed by atoms with Gasteiger partial charge in [0.2, 0.25) is 5.91 Å². The van der Waals surface area contributed by atoms with Crippen molar-refractivity contribution in [3.63, 3.8) is 0 Å². The molecule has 5 nitrogen and oxygen atoms in total. The second kappa shape index (κ2) is 7.81. The molecule has 1 aliphatic rings. The molecule has 23 heavy (non-hydrogen) atoms. The number of carbonyl (C=O) groups excluding carboxylic acids is 2. The van der Waals surface area contributed by atoms with Gasteiger partial charge in [0.25, 0.3) is 0 Å². The summed E-state index contributed by atoms with van der Waals surface area (Å²) in [6, 6.07) is 5.22. The fraction of sp³-hybridized carbons (Fsp3) is 0.444. The summed E-state index contributed by atoms with van der Waals surface area (Å²) in [5.41, 5.74) is 0.560. The summed E-state index contributed by atoms with van der Waals surface area (Å²) in [4.78, 5) is 23.4. The van der Waals surface area contributed by atoms with Gasteiger partial charge in [0.1, 0.15) is 17.3 Å². The molecule has 124 valence electrons. The van der Waals surface area contributed by atoms with Crippen LogP contribution in [0.25, 0.3) is 0 Å². The van der Waals surface area contributed by atoms with E-state index in [0.29, 0.717) is 41.7 Å². The van der Waals surface area contributed by atoms with Gasteiger partial charge in [-0.1, -0.05) is 13.0 Å². The van der Waals surface area contributed by atoms with E-state index in [-0.39, 0.29) is 11.8 Å². The number of benzene rings is 1. The summed E-state index contributed by atoms with van der Waals surface area (Å²) in [5.74, 6) is 1.86. The number of Topliss-reactive ketones (excluding diaryl/α,β-unsaturated/α-hetero) is 1. The van der Waals surface area contributed by atoms with E-state index in [2.05, 4.69) is 5.32 Å². The van der Waals surface area contributed by atoms with Gasteiger partial charge in [-0.25, -0.2) is 0 Å². The summed E-state index contributed by atoms with van der Waals surface area (Å²) < 4.78 is 10.4. The Morgan fingerprint density at radius 1 is 1.35 bits per heavy atom. The van der Waals surface area contributed by atoms with Crippen LogP contribution >= 0.6 is 0 Å². The van der Waals surface area contributed by atoms with Crippen molar-refractivity contribution in [2.75, 3.05) is 19.5 Å². The lowest BCUT2D eigenvalue weighted by atomic mass is 9.92. The lowest BCUT2D eigenvalue weighted by Gasteiger charge is -2.14. The van der Waals surface area contributed by atoms with Gasteiger partial charge in [-0.3, -0.25) is 9.59 Å². The van der Waals surface area contributed by atoms with Gasteiger partial charge < -0.3 is 14.8 Å². The Bertz CT molecular complexity index is 609. The molecule has 1 fully saturated rings. The van der Waals surface area contributed by atoms with Crippen LogP contribution in [-0.4, -0.2) is 25.9 Å². The first-order valence-corrected chi connectivity index (χ1v) is 7.76. The van der Waals surface area contributed by atoms with Crippen molar-refractivity contribution in [3.8, 4) is 11.5 Å². The topological polar surface area (TPSA) is 64.6 Å².